The van der Waals surface area contributed by atoms with E-state index in [0.717, 1.165) is 0 Å². The van der Waals surface area contributed by atoms with Crippen molar-refractivity contribution in [1.29, 1.82) is 0 Å². The summed E-state index contributed by atoms with van der Waals surface area (Å²) in [6.07, 6.45) is 1.91. The Bertz CT molecular complexity index is 168. The first kappa shape index (κ1) is 6.42. The first-order valence-corrected chi connectivity index (χ1v) is 2.68. The van der Waals surface area contributed by atoms with Crippen molar-refractivity contribution in [2.75, 3.05) is 0 Å². The minimum Gasteiger partial charge on any atom is -0.321 e. The lowest BCUT2D eigenvalue weighted by atomic mass is 10.2. The predicted octanol–water partition coefficient (Wildman–Crippen LogP) is 1.42. The zero-order chi connectivity index (χ0) is 6.85. The highest BCUT2D eigenvalue weighted by Crippen LogP contribution is 2.21. The number of rotatable bonds is 0. The van der Waals surface area contributed by atoms with Crippen LogP contribution in [0.4, 0.5) is 8.78 Å². The van der Waals surface area contributed by atoms with Gasteiger partial charge in [0, 0.05) is 11.6 Å². The molecule has 0 saturated carbocycles. The first-order valence-electron chi connectivity index (χ1n) is 2.68. The monoisotopic (exact) mass is 131 g/mol. The SMILES string of the molecule is NC1C=CCC1=C(F)F. The molecule has 0 spiro atoms. The summed E-state index contributed by atoms with van der Waals surface area (Å²) in [6.45, 7) is 0. The standard InChI is InChI=1S/C6H7F2N/c7-6(8)4-2-1-3-5(4)9/h1,3,5H,2,9H2. The molecule has 0 bridgehead atoms. The molecule has 0 saturated heterocycles. The molecule has 0 heterocycles. The molecule has 0 radical (unpaired) electrons. The average Bonchev–Trinajstić information content (AvgIpc) is 2.13. The van der Waals surface area contributed by atoms with E-state index in [1.807, 2.05) is 0 Å². The Morgan fingerprint density at radius 3 is 2.56 bits per heavy atom. The van der Waals surface area contributed by atoms with E-state index in [4.69, 9.17) is 5.73 Å². The van der Waals surface area contributed by atoms with Gasteiger partial charge in [-0.25, -0.2) is 0 Å². The molecular formula is C6H7F2N. The summed E-state index contributed by atoms with van der Waals surface area (Å²) in [4.78, 5) is 0. The van der Waals surface area contributed by atoms with E-state index in [1.54, 1.807) is 12.2 Å². The lowest BCUT2D eigenvalue weighted by molar-refractivity contribution is 0.406. The number of hydrogen-bond donors (Lipinski definition) is 1. The van der Waals surface area contributed by atoms with E-state index in [1.165, 1.54) is 0 Å². The largest absolute Gasteiger partial charge is 0.321 e. The van der Waals surface area contributed by atoms with Gasteiger partial charge in [-0.15, -0.1) is 0 Å². The van der Waals surface area contributed by atoms with E-state index in [0.29, 0.717) is 6.42 Å². The quantitative estimate of drug-likeness (QED) is 0.494. The molecule has 0 aromatic rings. The number of hydrogen-bond acceptors (Lipinski definition) is 1. The Labute approximate surface area is 51.8 Å². The Morgan fingerprint density at radius 1 is 1.67 bits per heavy atom. The van der Waals surface area contributed by atoms with Gasteiger partial charge in [0.05, 0.1) is 0 Å². The highest BCUT2D eigenvalue weighted by atomic mass is 19.3. The van der Waals surface area contributed by atoms with E-state index < -0.39 is 12.1 Å². The van der Waals surface area contributed by atoms with Gasteiger partial charge >= 0.3 is 0 Å². The fraction of sp³-hybridized carbons (Fsp3) is 0.333. The minimum atomic E-state index is -1.63. The van der Waals surface area contributed by atoms with Crippen LogP contribution in [-0.4, -0.2) is 6.04 Å². The molecule has 1 unspecified atom stereocenters. The Kier molecular flexibility index (Phi) is 1.62. The third-order valence-corrected chi connectivity index (χ3v) is 1.33. The predicted molar refractivity (Wildman–Crippen MR) is 31.0 cm³/mol. The zero-order valence-electron chi connectivity index (χ0n) is 4.77. The molecule has 0 fully saturated rings. The summed E-state index contributed by atoms with van der Waals surface area (Å²) < 4.78 is 23.5. The maximum Gasteiger partial charge on any atom is 0.271 e. The molecule has 0 aromatic heterocycles. The second-order valence-corrected chi connectivity index (χ2v) is 1.94. The van der Waals surface area contributed by atoms with Gasteiger partial charge in [-0.1, -0.05) is 12.2 Å². The van der Waals surface area contributed by atoms with Crippen molar-refractivity contribution in [2.24, 2.45) is 5.73 Å². The van der Waals surface area contributed by atoms with Gasteiger partial charge < -0.3 is 5.73 Å². The van der Waals surface area contributed by atoms with Gasteiger partial charge in [-0.2, -0.15) is 8.78 Å². The molecule has 2 N–H and O–H groups in total. The fourth-order valence-corrected chi connectivity index (χ4v) is 0.797. The summed E-state index contributed by atoms with van der Waals surface area (Å²) in [5.74, 6) is 0. The van der Waals surface area contributed by atoms with Crippen LogP contribution in [0.2, 0.25) is 0 Å². The molecular weight excluding hydrogens is 124 g/mol. The van der Waals surface area contributed by atoms with Crippen LogP contribution in [0.15, 0.2) is 23.8 Å². The van der Waals surface area contributed by atoms with Crippen LogP contribution < -0.4 is 5.73 Å². The summed E-state index contributed by atoms with van der Waals surface area (Å²) in [5.41, 5.74) is 5.31. The van der Waals surface area contributed by atoms with Crippen molar-refractivity contribution >= 4 is 0 Å². The van der Waals surface area contributed by atoms with E-state index in [2.05, 4.69) is 0 Å². The van der Waals surface area contributed by atoms with Crippen LogP contribution in [-0.2, 0) is 0 Å². The molecule has 0 amide bonds. The van der Waals surface area contributed by atoms with E-state index in [9.17, 15) is 8.78 Å². The van der Waals surface area contributed by atoms with Crippen molar-refractivity contribution < 1.29 is 8.78 Å². The lowest BCUT2D eigenvalue weighted by Crippen LogP contribution is -2.16. The normalized spacial score (nSPS) is 25.2. The van der Waals surface area contributed by atoms with E-state index in [-0.39, 0.29) is 5.57 Å². The van der Waals surface area contributed by atoms with Gasteiger partial charge in [-0.05, 0) is 6.42 Å². The minimum absolute atomic E-state index is 0.0509. The number of halogens is 2. The smallest absolute Gasteiger partial charge is 0.271 e. The van der Waals surface area contributed by atoms with Crippen molar-refractivity contribution in [3.8, 4) is 0 Å². The summed E-state index contributed by atoms with van der Waals surface area (Å²) in [6, 6.07) is -0.546. The average molecular weight is 131 g/mol. The van der Waals surface area contributed by atoms with Crippen molar-refractivity contribution in [3.63, 3.8) is 0 Å². The fourth-order valence-electron chi connectivity index (χ4n) is 0.797. The molecule has 1 rings (SSSR count). The number of nitrogens with two attached hydrogens (primary N) is 1. The third-order valence-electron chi connectivity index (χ3n) is 1.33. The van der Waals surface area contributed by atoms with Crippen LogP contribution in [0.1, 0.15) is 6.42 Å². The molecule has 1 nitrogen and oxygen atoms in total. The second kappa shape index (κ2) is 2.27. The molecule has 1 aliphatic carbocycles. The van der Waals surface area contributed by atoms with Gasteiger partial charge in [0.1, 0.15) is 0 Å². The summed E-state index contributed by atoms with van der Waals surface area (Å²) in [7, 11) is 0. The van der Waals surface area contributed by atoms with Gasteiger partial charge in [0.25, 0.3) is 6.08 Å². The summed E-state index contributed by atoms with van der Waals surface area (Å²) in [5, 5.41) is 0. The molecule has 3 heteroatoms. The third kappa shape index (κ3) is 1.16. The second-order valence-electron chi connectivity index (χ2n) is 1.94. The maximum atomic E-state index is 11.7. The molecule has 50 valence electrons. The van der Waals surface area contributed by atoms with Gasteiger partial charge in [-0.3, -0.25) is 0 Å². The first-order chi connectivity index (χ1) is 4.22. The molecule has 0 aliphatic heterocycles. The maximum absolute atomic E-state index is 11.7. The molecule has 0 aromatic carbocycles. The van der Waals surface area contributed by atoms with E-state index >= 15 is 0 Å². The van der Waals surface area contributed by atoms with Crippen LogP contribution >= 0.6 is 0 Å². The van der Waals surface area contributed by atoms with Crippen molar-refractivity contribution in [3.05, 3.63) is 23.8 Å². The van der Waals surface area contributed by atoms with Gasteiger partial charge in [0.2, 0.25) is 0 Å². The molecule has 9 heavy (non-hydrogen) atoms. The van der Waals surface area contributed by atoms with Crippen LogP contribution in [0, 0.1) is 0 Å². The Balaban J connectivity index is 2.77. The Hall–Kier alpha value is -0.700. The van der Waals surface area contributed by atoms with Crippen LogP contribution in [0.3, 0.4) is 0 Å². The van der Waals surface area contributed by atoms with Crippen LogP contribution in [0.25, 0.3) is 0 Å². The highest BCUT2D eigenvalue weighted by molar-refractivity contribution is 5.26. The molecule has 1 atom stereocenters. The summed E-state index contributed by atoms with van der Waals surface area (Å²) >= 11 is 0. The van der Waals surface area contributed by atoms with Crippen molar-refractivity contribution in [2.45, 2.75) is 12.5 Å². The van der Waals surface area contributed by atoms with Crippen molar-refractivity contribution in [1.82, 2.24) is 0 Å². The van der Waals surface area contributed by atoms with Crippen LogP contribution in [0.5, 0.6) is 0 Å². The zero-order valence-corrected chi connectivity index (χ0v) is 4.77. The highest BCUT2D eigenvalue weighted by Gasteiger charge is 2.15. The number of allylic oxidation sites excluding steroid dienone is 1. The Morgan fingerprint density at radius 2 is 2.33 bits per heavy atom. The topological polar surface area (TPSA) is 26.0 Å². The molecule has 1 aliphatic rings. The lowest BCUT2D eigenvalue weighted by Gasteiger charge is -2.00. The van der Waals surface area contributed by atoms with Gasteiger partial charge in [0.15, 0.2) is 0 Å².